The van der Waals surface area contributed by atoms with Gasteiger partial charge in [0.25, 0.3) is 0 Å². The first kappa shape index (κ1) is 17.9. The second-order valence-corrected chi connectivity index (χ2v) is 7.57. The van der Waals surface area contributed by atoms with Crippen LogP contribution in [-0.2, 0) is 10.0 Å². The van der Waals surface area contributed by atoms with Crippen molar-refractivity contribution in [3.63, 3.8) is 0 Å². The van der Waals surface area contributed by atoms with Crippen molar-refractivity contribution >= 4 is 38.4 Å². The summed E-state index contributed by atoms with van der Waals surface area (Å²) >= 11 is 3.42. The van der Waals surface area contributed by atoms with Gasteiger partial charge in [0.1, 0.15) is 0 Å². The van der Waals surface area contributed by atoms with E-state index in [0.29, 0.717) is 11.4 Å². The predicted octanol–water partition coefficient (Wildman–Crippen LogP) is 2.52. The molecule has 1 saturated heterocycles. The van der Waals surface area contributed by atoms with Gasteiger partial charge >= 0.3 is 0 Å². The molecule has 4 nitrogen and oxygen atoms in total. The third-order valence-corrected chi connectivity index (χ3v) is 5.88. The molecule has 2 N–H and O–H groups in total. The van der Waals surface area contributed by atoms with E-state index < -0.39 is 10.0 Å². The van der Waals surface area contributed by atoms with Crippen LogP contribution in [0.2, 0.25) is 0 Å². The summed E-state index contributed by atoms with van der Waals surface area (Å²) in [4.78, 5) is 0.374. The van der Waals surface area contributed by atoms with Crippen LogP contribution in [0.25, 0.3) is 0 Å². The number of aryl methyl sites for hydroxylation is 2. The summed E-state index contributed by atoms with van der Waals surface area (Å²) in [6.45, 7) is 5.38. The van der Waals surface area contributed by atoms with Crippen molar-refractivity contribution in [1.29, 1.82) is 0 Å². The fraction of sp³-hybridized carbons (Fsp3) is 0.538. The van der Waals surface area contributed by atoms with E-state index in [1.807, 2.05) is 19.9 Å². The highest BCUT2D eigenvalue weighted by Gasteiger charge is 2.23. The topological polar surface area (TPSA) is 58.2 Å². The number of sulfonamides is 1. The van der Waals surface area contributed by atoms with Crippen molar-refractivity contribution in [2.45, 2.75) is 37.6 Å². The van der Waals surface area contributed by atoms with Crippen LogP contribution >= 0.6 is 28.3 Å². The van der Waals surface area contributed by atoms with Crippen molar-refractivity contribution in [1.82, 2.24) is 10.0 Å². The fourth-order valence-corrected chi connectivity index (χ4v) is 4.32. The maximum absolute atomic E-state index is 12.4. The summed E-state index contributed by atoms with van der Waals surface area (Å²) in [5.41, 5.74) is 1.68. The summed E-state index contributed by atoms with van der Waals surface area (Å²) in [6.07, 6.45) is 1.90. The largest absolute Gasteiger partial charge is 0.315 e. The molecule has 1 aliphatic rings. The zero-order valence-electron chi connectivity index (χ0n) is 11.6. The zero-order chi connectivity index (χ0) is 14.0. The number of rotatable bonds is 3. The van der Waals surface area contributed by atoms with Crippen LogP contribution in [0.3, 0.4) is 0 Å². The molecule has 0 aliphatic carbocycles. The van der Waals surface area contributed by atoms with Gasteiger partial charge in [0.05, 0.1) is 4.90 Å². The second-order valence-electron chi connectivity index (χ2n) is 5.03. The quantitative estimate of drug-likeness (QED) is 0.843. The van der Waals surface area contributed by atoms with Gasteiger partial charge in [0, 0.05) is 17.1 Å². The number of hydrogen-bond donors (Lipinski definition) is 2. The highest BCUT2D eigenvalue weighted by atomic mass is 79.9. The molecule has 0 saturated carbocycles. The zero-order valence-corrected chi connectivity index (χ0v) is 14.8. The molecule has 0 bridgehead atoms. The highest BCUT2D eigenvalue weighted by Crippen LogP contribution is 2.24. The average Bonchev–Trinajstić information content (AvgIpc) is 2.34. The molecule has 1 fully saturated rings. The average molecular weight is 384 g/mol. The first-order valence-corrected chi connectivity index (χ1v) is 8.67. The van der Waals surface area contributed by atoms with Crippen molar-refractivity contribution < 1.29 is 8.42 Å². The Morgan fingerprint density at radius 3 is 2.60 bits per heavy atom. The minimum Gasteiger partial charge on any atom is -0.315 e. The van der Waals surface area contributed by atoms with Gasteiger partial charge in [-0.3, -0.25) is 0 Å². The van der Waals surface area contributed by atoms with E-state index in [-0.39, 0.29) is 18.4 Å². The Morgan fingerprint density at radius 2 is 2.00 bits per heavy atom. The molecular formula is C13H20BrClN2O2S. The Hall–Kier alpha value is -0.140. The summed E-state index contributed by atoms with van der Waals surface area (Å²) < 4.78 is 28.6. The maximum Gasteiger partial charge on any atom is 0.241 e. The van der Waals surface area contributed by atoms with Gasteiger partial charge in [-0.2, -0.15) is 0 Å². The SMILES string of the molecule is Cc1cc(S(=O)(=O)NC2CCCNC2)c(C)cc1Br.Cl. The van der Waals surface area contributed by atoms with Crippen LogP contribution < -0.4 is 10.0 Å². The van der Waals surface area contributed by atoms with Crippen LogP contribution in [0, 0.1) is 13.8 Å². The van der Waals surface area contributed by atoms with Crippen LogP contribution in [0.15, 0.2) is 21.5 Å². The minimum atomic E-state index is -3.44. The van der Waals surface area contributed by atoms with Crippen molar-refractivity contribution in [2.75, 3.05) is 13.1 Å². The second kappa shape index (κ2) is 7.22. The number of piperidine rings is 1. The van der Waals surface area contributed by atoms with Gasteiger partial charge in [-0.05, 0) is 56.5 Å². The number of nitrogens with one attached hydrogen (secondary N) is 2. The smallest absolute Gasteiger partial charge is 0.241 e. The van der Waals surface area contributed by atoms with Gasteiger partial charge in [0.2, 0.25) is 10.0 Å². The molecule has 1 aliphatic heterocycles. The first-order chi connectivity index (χ1) is 8.90. The first-order valence-electron chi connectivity index (χ1n) is 6.40. The van der Waals surface area contributed by atoms with Crippen LogP contribution in [-0.4, -0.2) is 27.5 Å². The predicted molar refractivity (Wildman–Crippen MR) is 87.1 cm³/mol. The van der Waals surface area contributed by atoms with E-state index >= 15 is 0 Å². The molecule has 0 radical (unpaired) electrons. The Labute approximate surface area is 135 Å². The lowest BCUT2D eigenvalue weighted by molar-refractivity contribution is 0.428. The third kappa shape index (κ3) is 4.18. The molecule has 1 unspecified atom stereocenters. The Morgan fingerprint density at radius 1 is 1.30 bits per heavy atom. The molecule has 0 aromatic heterocycles. The van der Waals surface area contributed by atoms with Gasteiger partial charge in [-0.25, -0.2) is 13.1 Å². The van der Waals surface area contributed by atoms with E-state index in [4.69, 9.17) is 0 Å². The van der Waals surface area contributed by atoms with Gasteiger partial charge in [0.15, 0.2) is 0 Å². The molecule has 7 heteroatoms. The number of halogens is 2. The normalized spacial score (nSPS) is 19.4. The van der Waals surface area contributed by atoms with E-state index in [9.17, 15) is 8.42 Å². The van der Waals surface area contributed by atoms with E-state index in [1.165, 1.54) is 0 Å². The Bertz CT molecular complexity index is 572. The summed E-state index contributed by atoms with van der Waals surface area (Å²) in [6, 6.07) is 3.56. The molecule has 114 valence electrons. The number of benzene rings is 1. The van der Waals surface area contributed by atoms with Crippen LogP contribution in [0.5, 0.6) is 0 Å². The lowest BCUT2D eigenvalue weighted by Gasteiger charge is -2.24. The molecule has 0 amide bonds. The molecule has 2 rings (SSSR count). The number of hydrogen-bond acceptors (Lipinski definition) is 3. The molecule has 1 aromatic carbocycles. The van der Waals surface area contributed by atoms with Crippen molar-refractivity contribution in [3.05, 3.63) is 27.7 Å². The van der Waals surface area contributed by atoms with E-state index in [2.05, 4.69) is 26.0 Å². The molecule has 1 heterocycles. The van der Waals surface area contributed by atoms with Crippen molar-refractivity contribution in [2.24, 2.45) is 0 Å². The monoisotopic (exact) mass is 382 g/mol. The van der Waals surface area contributed by atoms with Gasteiger partial charge in [-0.1, -0.05) is 15.9 Å². The lowest BCUT2D eigenvalue weighted by atomic mass is 10.1. The molecule has 20 heavy (non-hydrogen) atoms. The minimum absolute atomic E-state index is 0. The van der Waals surface area contributed by atoms with Crippen LogP contribution in [0.1, 0.15) is 24.0 Å². The summed E-state index contributed by atoms with van der Waals surface area (Å²) in [5, 5.41) is 3.21. The summed E-state index contributed by atoms with van der Waals surface area (Å²) in [7, 11) is -3.44. The maximum atomic E-state index is 12.4. The van der Waals surface area contributed by atoms with E-state index in [1.54, 1.807) is 6.07 Å². The lowest BCUT2D eigenvalue weighted by Crippen LogP contribution is -2.45. The molecular weight excluding hydrogens is 364 g/mol. The van der Waals surface area contributed by atoms with Gasteiger partial charge < -0.3 is 5.32 Å². The highest BCUT2D eigenvalue weighted by molar-refractivity contribution is 9.10. The Kier molecular flexibility index (Phi) is 6.47. The standard InChI is InChI=1S/C13H19BrN2O2S.ClH/c1-9-7-13(10(2)6-12(9)14)19(17,18)16-11-4-3-5-15-8-11;/h6-7,11,15-16H,3-5,8H2,1-2H3;1H. The van der Waals surface area contributed by atoms with Crippen molar-refractivity contribution in [3.8, 4) is 0 Å². The van der Waals surface area contributed by atoms with E-state index in [0.717, 1.165) is 35.0 Å². The molecule has 1 aromatic rings. The molecule has 1 atom stereocenters. The van der Waals surface area contributed by atoms with Crippen LogP contribution in [0.4, 0.5) is 0 Å². The fourth-order valence-electron chi connectivity index (χ4n) is 2.28. The van der Waals surface area contributed by atoms with Gasteiger partial charge in [-0.15, -0.1) is 12.4 Å². The Balaban J connectivity index is 0.00000200. The third-order valence-electron chi connectivity index (χ3n) is 3.36. The molecule has 0 spiro atoms. The summed E-state index contributed by atoms with van der Waals surface area (Å²) in [5.74, 6) is 0.